The monoisotopic (exact) mass is 159 g/mol. The van der Waals surface area contributed by atoms with E-state index in [2.05, 4.69) is 18.8 Å². The molecule has 0 aromatic carbocycles. The van der Waals surface area contributed by atoms with Crippen LogP contribution in [0.2, 0.25) is 0 Å². The Morgan fingerprint density at radius 3 is 2.70 bits per heavy atom. The lowest BCUT2D eigenvalue weighted by Gasteiger charge is -2.04. The van der Waals surface area contributed by atoms with Crippen LogP contribution in [0.1, 0.15) is 20.3 Å². The maximum atomic E-state index is 5.70. The SMILES string of the molecule is CC(C)C1=NCC(CCl)C1. The quantitative estimate of drug-likeness (QED) is 0.549. The van der Waals surface area contributed by atoms with Crippen molar-refractivity contribution < 1.29 is 0 Å². The fraction of sp³-hybridized carbons (Fsp3) is 0.875. The number of hydrogen-bond acceptors (Lipinski definition) is 1. The minimum atomic E-state index is 0.619. The molecule has 1 aliphatic rings. The van der Waals surface area contributed by atoms with Gasteiger partial charge in [-0.05, 0) is 18.3 Å². The average molecular weight is 160 g/mol. The van der Waals surface area contributed by atoms with Crippen molar-refractivity contribution in [2.24, 2.45) is 16.8 Å². The van der Waals surface area contributed by atoms with E-state index in [1.54, 1.807) is 0 Å². The van der Waals surface area contributed by atoms with Crippen LogP contribution in [-0.4, -0.2) is 18.1 Å². The first-order valence-electron chi connectivity index (χ1n) is 3.83. The van der Waals surface area contributed by atoms with Crippen LogP contribution in [0.5, 0.6) is 0 Å². The van der Waals surface area contributed by atoms with Crippen LogP contribution < -0.4 is 0 Å². The van der Waals surface area contributed by atoms with E-state index in [0.717, 1.165) is 18.8 Å². The van der Waals surface area contributed by atoms with E-state index in [1.165, 1.54) is 5.71 Å². The van der Waals surface area contributed by atoms with E-state index < -0.39 is 0 Å². The van der Waals surface area contributed by atoms with E-state index in [1.807, 2.05) is 0 Å². The molecule has 0 fully saturated rings. The molecule has 1 atom stereocenters. The smallest absolute Gasteiger partial charge is 0.0432 e. The van der Waals surface area contributed by atoms with Crippen molar-refractivity contribution in [3.05, 3.63) is 0 Å². The first kappa shape index (κ1) is 8.06. The molecule has 0 spiro atoms. The lowest BCUT2D eigenvalue weighted by molar-refractivity contribution is 0.665. The Labute approximate surface area is 67.5 Å². The largest absolute Gasteiger partial charge is 0.294 e. The highest BCUT2D eigenvalue weighted by Gasteiger charge is 2.18. The third-order valence-corrected chi connectivity index (χ3v) is 2.37. The Morgan fingerprint density at radius 1 is 1.70 bits per heavy atom. The zero-order valence-electron chi connectivity index (χ0n) is 6.60. The molecular weight excluding hydrogens is 146 g/mol. The van der Waals surface area contributed by atoms with Gasteiger partial charge in [0.25, 0.3) is 0 Å². The standard InChI is InChI=1S/C8H14ClN/c1-6(2)8-3-7(4-9)5-10-8/h6-7H,3-5H2,1-2H3. The second kappa shape index (κ2) is 3.38. The highest BCUT2D eigenvalue weighted by Crippen LogP contribution is 2.18. The lowest BCUT2D eigenvalue weighted by Crippen LogP contribution is -2.07. The van der Waals surface area contributed by atoms with Crippen molar-refractivity contribution in [2.75, 3.05) is 12.4 Å². The van der Waals surface area contributed by atoms with Crippen molar-refractivity contribution >= 4 is 17.3 Å². The molecule has 0 saturated carbocycles. The Hall–Kier alpha value is -0.0400. The van der Waals surface area contributed by atoms with Crippen LogP contribution in [0.15, 0.2) is 4.99 Å². The van der Waals surface area contributed by atoms with E-state index in [-0.39, 0.29) is 0 Å². The van der Waals surface area contributed by atoms with E-state index in [4.69, 9.17) is 11.6 Å². The van der Waals surface area contributed by atoms with Crippen LogP contribution >= 0.6 is 11.6 Å². The van der Waals surface area contributed by atoms with Crippen molar-refractivity contribution in [2.45, 2.75) is 20.3 Å². The maximum Gasteiger partial charge on any atom is 0.0432 e. The first-order chi connectivity index (χ1) is 4.74. The minimum absolute atomic E-state index is 0.619. The molecule has 1 heterocycles. The molecule has 1 unspecified atom stereocenters. The lowest BCUT2D eigenvalue weighted by atomic mass is 10.0. The molecule has 0 aromatic heterocycles. The molecule has 1 rings (SSSR count). The van der Waals surface area contributed by atoms with Crippen LogP contribution in [0.25, 0.3) is 0 Å². The summed E-state index contributed by atoms with van der Waals surface area (Å²) in [6.07, 6.45) is 1.13. The molecule has 0 amide bonds. The summed E-state index contributed by atoms with van der Waals surface area (Å²) in [6, 6.07) is 0. The van der Waals surface area contributed by atoms with Crippen LogP contribution in [-0.2, 0) is 0 Å². The van der Waals surface area contributed by atoms with Crippen LogP contribution in [0, 0.1) is 11.8 Å². The summed E-state index contributed by atoms with van der Waals surface area (Å²) in [6.45, 7) is 5.34. The van der Waals surface area contributed by atoms with Gasteiger partial charge in [0.05, 0.1) is 0 Å². The number of hydrogen-bond donors (Lipinski definition) is 0. The number of aliphatic imine (C=N–C) groups is 1. The fourth-order valence-corrected chi connectivity index (χ4v) is 1.40. The normalized spacial score (nSPS) is 25.6. The zero-order valence-corrected chi connectivity index (χ0v) is 7.36. The Balaban J connectivity index is 2.39. The Morgan fingerprint density at radius 2 is 2.40 bits per heavy atom. The summed E-state index contributed by atoms with van der Waals surface area (Å²) in [7, 11) is 0. The molecule has 0 aromatic rings. The predicted octanol–water partition coefficient (Wildman–Crippen LogP) is 2.34. The molecular formula is C8H14ClN. The highest BCUT2D eigenvalue weighted by atomic mass is 35.5. The van der Waals surface area contributed by atoms with Crippen molar-refractivity contribution in [1.29, 1.82) is 0 Å². The van der Waals surface area contributed by atoms with E-state index in [0.29, 0.717) is 11.8 Å². The molecule has 0 bridgehead atoms. The molecule has 1 nitrogen and oxygen atoms in total. The van der Waals surface area contributed by atoms with Crippen LogP contribution in [0.4, 0.5) is 0 Å². The molecule has 1 aliphatic heterocycles. The zero-order chi connectivity index (χ0) is 7.56. The second-order valence-electron chi connectivity index (χ2n) is 3.21. The van der Waals surface area contributed by atoms with Gasteiger partial charge in [0.2, 0.25) is 0 Å². The number of rotatable bonds is 2. The van der Waals surface area contributed by atoms with Gasteiger partial charge in [-0.1, -0.05) is 13.8 Å². The minimum Gasteiger partial charge on any atom is -0.294 e. The molecule has 58 valence electrons. The second-order valence-corrected chi connectivity index (χ2v) is 3.52. The molecule has 2 heteroatoms. The van der Waals surface area contributed by atoms with Gasteiger partial charge < -0.3 is 0 Å². The van der Waals surface area contributed by atoms with Gasteiger partial charge in [-0.25, -0.2) is 0 Å². The van der Waals surface area contributed by atoms with Gasteiger partial charge in [-0.3, -0.25) is 4.99 Å². The number of halogens is 1. The van der Waals surface area contributed by atoms with Crippen molar-refractivity contribution in [3.8, 4) is 0 Å². The summed E-state index contributed by atoms with van der Waals surface area (Å²) < 4.78 is 0. The molecule has 10 heavy (non-hydrogen) atoms. The van der Waals surface area contributed by atoms with E-state index in [9.17, 15) is 0 Å². The third-order valence-electron chi connectivity index (χ3n) is 1.94. The number of nitrogens with zero attached hydrogens (tertiary/aromatic N) is 1. The van der Waals surface area contributed by atoms with Crippen LogP contribution in [0.3, 0.4) is 0 Å². The number of alkyl halides is 1. The van der Waals surface area contributed by atoms with Gasteiger partial charge in [0.1, 0.15) is 0 Å². The summed E-state index contributed by atoms with van der Waals surface area (Å²) in [4.78, 5) is 4.42. The fourth-order valence-electron chi connectivity index (χ4n) is 1.19. The van der Waals surface area contributed by atoms with Gasteiger partial charge in [0, 0.05) is 18.1 Å². The molecule has 0 N–H and O–H groups in total. The van der Waals surface area contributed by atoms with Gasteiger partial charge in [0.15, 0.2) is 0 Å². The summed E-state index contributed by atoms with van der Waals surface area (Å²) in [5.41, 5.74) is 1.35. The Bertz CT molecular complexity index is 140. The summed E-state index contributed by atoms with van der Waals surface area (Å²) in [5, 5.41) is 0. The average Bonchev–Trinajstić information content (AvgIpc) is 2.34. The van der Waals surface area contributed by atoms with Crippen molar-refractivity contribution in [1.82, 2.24) is 0 Å². The summed E-state index contributed by atoms with van der Waals surface area (Å²) in [5.74, 6) is 2.01. The predicted molar refractivity (Wildman–Crippen MR) is 46.0 cm³/mol. The van der Waals surface area contributed by atoms with E-state index >= 15 is 0 Å². The first-order valence-corrected chi connectivity index (χ1v) is 4.36. The summed E-state index contributed by atoms with van der Waals surface area (Å²) >= 11 is 5.70. The van der Waals surface area contributed by atoms with Gasteiger partial charge in [-0.2, -0.15) is 0 Å². The molecule has 0 radical (unpaired) electrons. The topological polar surface area (TPSA) is 12.4 Å². The highest BCUT2D eigenvalue weighted by molar-refractivity contribution is 6.18. The Kier molecular flexibility index (Phi) is 2.72. The van der Waals surface area contributed by atoms with Gasteiger partial charge in [-0.15, -0.1) is 11.6 Å². The molecule has 0 aliphatic carbocycles. The van der Waals surface area contributed by atoms with Gasteiger partial charge >= 0.3 is 0 Å². The van der Waals surface area contributed by atoms with Crippen molar-refractivity contribution in [3.63, 3.8) is 0 Å². The molecule has 0 saturated heterocycles. The maximum absolute atomic E-state index is 5.70. The third kappa shape index (κ3) is 1.72.